The number of piperazine rings is 1. The van der Waals surface area contributed by atoms with Gasteiger partial charge in [-0.2, -0.15) is 0 Å². The molecule has 32 heavy (non-hydrogen) atoms. The Morgan fingerprint density at radius 2 is 1.69 bits per heavy atom. The van der Waals surface area contributed by atoms with Crippen molar-refractivity contribution in [3.8, 4) is 0 Å². The molecule has 1 aromatic carbocycles. The van der Waals surface area contributed by atoms with Crippen molar-refractivity contribution in [2.75, 3.05) is 64.8 Å². The molecule has 2 saturated heterocycles. The van der Waals surface area contributed by atoms with E-state index in [1.165, 1.54) is 4.90 Å². The van der Waals surface area contributed by atoms with E-state index in [1.807, 2.05) is 43.9 Å². The average Bonchev–Trinajstić information content (AvgIpc) is 2.73. The van der Waals surface area contributed by atoms with Crippen molar-refractivity contribution in [1.82, 2.24) is 14.7 Å². The van der Waals surface area contributed by atoms with Gasteiger partial charge in [-0.3, -0.25) is 9.69 Å². The molecule has 178 valence electrons. The number of hydrogen-bond acceptors (Lipinski definition) is 5. The fraction of sp³-hybridized carbons (Fsp3) is 0.667. The van der Waals surface area contributed by atoms with E-state index in [4.69, 9.17) is 16.3 Å². The van der Waals surface area contributed by atoms with Crippen LogP contribution in [0.25, 0.3) is 0 Å². The van der Waals surface area contributed by atoms with Gasteiger partial charge in [0.2, 0.25) is 0 Å². The van der Waals surface area contributed by atoms with E-state index in [9.17, 15) is 9.59 Å². The highest BCUT2D eigenvalue weighted by atomic mass is 35.5. The summed E-state index contributed by atoms with van der Waals surface area (Å²) >= 11 is 6.39. The number of benzene rings is 1. The molecule has 0 spiro atoms. The Kier molecular flexibility index (Phi) is 7.93. The lowest BCUT2D eigenvalue weighted by molar-refractivity contribution is 0.0168. The van der Waals surface area contributed by atoms with E-state index in [0.717, 1.165) is 64.3 Å². The van der Waals surface area contributed by atoms with Gasteiger partial charge >= 0.3 is 6.09 Å². The van der Waals surface area contributed by atoms with E-state index in [0.29, 0.717) is 16.5 Å². The Hall–Kier alpha value is -1.99. The predicted octanol–water partition coefficient (Wildman–Crippen LogP) is 3.81. The van der Waals surface area contributed by atoms with Crippen LogP contribution in [0.15, 0.2) is 18.2 Å². The maximum Gasteiger partial charge on any atom is 0.410 e. The fourth-order valence-electron chi connectivity index (χ4n) is 4.29. The molecule has 2 aliphatic rings. The molecule has 0 aliphatic carbocycles. The van der Waals surface area contributed by atoms with Crippen LogP contribution in [0.2, 0.25) is 5.02 Å². The van der Waals surface area contributed by atoms with E-state index < -0.39 is 5.60 Å². The Morgan fingerprint density at radius 3 is 2.22 bits per heavy atom. The SMILES string of the molecule is CN(C)C(=O)c1ccc(N2CCN(CC3CCN(C(=O)OC(C)(C)C)CC3)CC2)cc1Cl. The van der Waals surface area contributed by atoms with E-state index in [-0.39, 0.29) is 12.0 Å². The Labute approximate surface area is 197 Å². The van der Waals surface area contributed by atoms with Crippen LogP contribution in [0, 0.1) is 5.92 Å². The van der Waals surface area contributed by atoms with Crippen LogP contribution in [-0.2, 0) is 4.74 Å². The smallest absolute Gasteiger partial charge is 0.410 e. The third kappa shape index (κ3) is 6.51. The van der Waals surface area contributed by atoms with Crippen LogP contribution in [0.4, 0.5) is 10.5 Å². The van der Waals surface area contributed by atoms with Crippen LogP contribution < -0.4 is 4.90 Å². The van der Waals surface area contributed by atoms with E-state index >= 15 is 0 Å². The molecule has 8 heteroatoms. The molecule has 0 N–H and O–H groups in total. The average molecular weight is 465 g/mol. The quantitative estimate of drug-likeness (QED) is 0.678. The van der Waals surface area contributed by atoms with Crippen molar-refractivity contribution in [1.29, 1.82) is 0 Å². The van der Waals surface area contributed by atoms with E-state index in [1.54, 1.807) is 14.1 Å². The lowest BCUT2D eigenvalue weighted by Crippen LogP contribution is -2.49. The second kappa shape index (κ2) is 10.3. The van der Waals surface area contributed by atoms with E-state index in [2.05, 4.69) is 9.80 Å². The standard InChI is InChI=1S/C24H37ClN4O3/c1-24(2,3)32-23(31)29-10-8-18(9-11-29)17-27-12-14-28(15-13-27)19-6-7-20(21(25)16-19)22(30)26(4)5/h6-7,16,18H,8-15,17H2,1-5H3. The molecule has 0 unspecified atom stereocenters. The molecule has 0 atom stereocenters. The van der Waals surface area contributed by atoms with Crippen molar-refractivity contribution in [2.24, 2.45) is 5.92 Å². The second-order valence-corrected chi connectivity index (χ2v) is 10.5. The maximum absolute atomic E-state index is 12.3. The van der Waals surface area contributed by atoms with Crippen molar-refractivity contribution in [2.45, 2.75) is 39.2 Å². The predicted molar refractivity (Wildman–Crippen MR) is 129 cm³/mol. The number of halogens is 1. The summed E-state index contributed by atoms with van der Waals surface area (Å²) in [6.45, 7) is 12.2. The molecule has 0 aromatic heterocycles. The number of carbonyl (C=O) groups excluding carboxylic acids is 2. The van der Waals surface area contributed by atoms with Crippen LogP contribution in [0.3, 0.4) is 0 Å². The van der Waals surface area contributed by atoms with Gasteiger partial charge in [-0.1, -0.05) is 11.6 Å². The molecule has 1 aromatic rings. The molecule has 3 rings (SSSR count). The van der Waals surface area contributed by atoms with Crippen molar-refractivity contribution in [3.63, 3.8) is 0 Å². The van der Waals surface area contributed by atoms with Crippen molar-refractivity contribution >= 4 is 29.3 Å². The van der Waals surface area contributed by atoms with Crippen molar-refractivity contribution in [3.05, 3.63) is 28.8 Å². The van der Waals surface area contributed by atoms with Gasteiger partial charge in [0, 0.05) is 65.6 Å². The minimum atomic E-state index is -0.444. The zero-order valence-electron chi connectivity index (χ0n) is 20.1. The lowest BCUT2D eigenvalue weighted by atomic mass is 9.96. The highest BCUT2D eigenvalue weighted by molar-refractivity contribution is 6.34. The zero-order chi connectivity index (χ0) is 23.5. The molecule has 0 radical (unpaired) electrons. The van der Waals surface area contributed by atoms with Crippen LogP contribution >= 0.6 is 11.6 Å². The van der Waals surface area contributed by atoms with Gasteiger partial charge in [-0.25, -0.2) is 4.79 Å². The Balaban J connectivity index is 1.44. The highest BCUT2D eigenvalue weighted by Crippen LogP contribution is 2.26. The monoisotopic (exact) mass is 464 g/mol. The summed E-state index contributed by atoms with van der Waals surface area (Å²) in [6, 6.07) is 5.72. The minimum absolute atomic E-state index is 0.0796. The highest BCUT2D eigenvalue weighted by Gasteiger charge is 2.28. The maximum atomic E-state index is 12.3. The summed E-state index contributed by atoms with van der Waals surface area (Å²) in [7, 11) is 3.46. The lowest BCUT2D eigenvalue weighted by Gasteiger charge is -2.39. The first kappa shape index (κ1) is 24.6. The zero-order valence-corrected chi connectivity index (χ0v) is 20.8. The first-order valence-corrected chi connectivity index (χ1v) is 11.9. The van der Waals surface area contributed by atoms with Gasteiger partial charge < -0.3 is 19.4 Å². The summed E-state index contributed by atoms with van der Waals surface area (Å²) in [5.74, 6) is 0.537. The topological polar surface area (TPSA) is 56.3 Å². The number of rotatable bonds is 4. The number of carbonyl (C=O) groups is 2. The third-order valence-corrected chi connectivity index (χ3v) is 6.42. The summed E-state index contributed by atoms with van der Waals surface area (Å²) in [5.41, 5.74) is 1.16. The molecule has 2 fully saturated rings. The Bertz CT molecular complexity index is 808. The summed E-state index contributed by atoms with van der Waals surface area (Å²) in [6.07, 6.45) is 1.86. The number of piperidine rings is 1. The number of anilines is 1. The minimum Gasteiger partial charge on any atom is -0.444 e. The summed E-state index contributed by atoms with van der Waals surface area (Å²) in [5, 5.41) is 0.500. The van der Waals surface area contributed by atoms with Gasteiger partial charge in [0.25, 0.3) is 5.91 Å². The van der Waals surface area contributed by atoms with Gasteiger partial charge in [-0.05, 0) is 57.7 Å². The first-order valence-electron chi connectivity index (χ1n) is 11.5. The van der Waals surface area contributed by atoms with Gasteiger partial charge in [0.1, 0.15) is 5.60 Å². The molecule has 2 heterocycles. The molecule has 0 bridgehead atoms. The summed E-state index contributed by atoms with van der Waals surface area (Å²) in [4.78, 5) is 32.7. The molecule has 2 amide bonds. The molecule has 2 aliphatic heterocycles. The van der Waals surface area contributed by atoms with Gasteiger partial charge in [-0.15, -0.1) is 0 Å². The summed E-state index contributed by atoms with van der Waals surface area (Å²) < 4.78 is 5.50. The Morgan fingerprint density at radius 1 is 1.06 bits per heavy atom. The van der Waals surface area contributed by atoms with Crippen LogP contribution in [-0.4, -0.2) is 92.2 Å². The number of amides is 2. The van der Waals surface area contributed by atoms with Gasteiger partial charge in [0.05, 0.1) is 10.6 Å². The van der Waals surface area contributed by atoms with Crippen LogP contribution in [0.5, 0.6) is 0 Å². The fourth-order valence-corrected chi connectivity index (χ4v) is 4.55. The van der Waals surface area contributed by atoms with Gasteiger partial charge in [0.15, 0.2) is 0 Å². The number of likely N-dealkylation sites (tertiary alicyclic amines) is 1. The molecule has 7 nitrogen and oxygen atoms in total. The second-order valence-electron chi connectivity index (χ2n) is 10.1. The number of hydrogen-bond donors (Lipinski definition) is 0. The largest absolute Gasteiger partial charge is 0.444 e. The molecular formula is C24H37ClN4O3. The first-order chi connectivity index (χ1) is 15.0. The third-order valence-electron chi connectivity index (χ3n) is 6.11. The number of ether oxygens (including phenoxy) is 1. The van der Waals surface area contributed by atoms with Crippen LogP contribution in [0.1, 0.15) is 44.0 Å². The number of nitrogens with zero attached hydrogens (tertiary/aromatic N) is 4. The molecular weight excluding hydrogens is 428 g/mol. The van der Waals surface area contributed by atoms with Crippen molar-refractivity contribution < 1.29 is 14.3 Å². The normalized spacial score (nSPS) is 18.6. The molecule has 0 saturated carbocycles.